The quantitative estimate of drug-likeness (QED) is 0.678. The highest BCUT2D eigenvalue weighted by molar-refractivity contribution is 5.91. The van der Waals surface area contributed by atoms with E-state index >= 15 is 0 Å². The van der Waals surface area contributed by atoms with Crippen molar-refractivity contribution in [1.82, 2.24) is 5.32 Å². The van der Waals surface area contributed by atoms with Crippen molar-refractivity contribution in [3.05, 3.63) is 65.5 Å². The number of amides is 1. The molecule has 144 valence electrons. The smallest absolute Gasteiger partial charge is 0.338 e. The van der Waals surface area contributed by atoms with E-state index in [0.717, 1.165) is 18.4 Å². The van der Waals surface area contributed by atoms with Crippen LogP contribution in [0.25, 0.3) is 0 Å². The Kier molecular flexibility index (Phi) is 7.79. The lowest BCUT2D eigenvalue weighted by molar-refractivity contribution is -0.125. The number of halogens is 1. The van der Waals surface area contributed by atoms with Crippen molar-refractivity contribution in [1.29, 1.82) is 0 Å². The normalized spacial score (nSPS) is 10.5. The summed E-state index contributed by atoms with van der Waals surface area (Å²) in [5, 5.41) is 2.81. The van der Waals surface area contributed by atoms with Crippen molar-refractivity contribution in [3.8, 4) is 5.75 Å². The zero-order chi connectivity index (χ0) is 19.6. The van der Waals surface area contributed by atoms with Crippen molar-refractivity contribution in [2.45, 2.75) is 39.3 Å². The second-order valence-corrected chi connectivity index (χ2v) is 6.10. The maximum Gasteiger partial charge on any atom is 0.338 e. The number of hydrogen-bond acceptors (Lipinski definition) is 4. The third-order valence-electron chi connectivity index (χ3n) is 4.07. The summed E-state index contributed by atoms with van der Waals surface area (Å²) in [6.07, 6.45) is 1.65. The number of hydrogen-bond donors (Lipinski definition) is 1. The molecule has 27 heavy (non-hydrogen) atoms. The first-order chi connectivity index (χ1) is 13.0. The molecule has 0 aliphatic carbocycles. The van der Waals surface area contributed by atoms with Gasteiger partial charge < -0.3 is 14.8 Å². The first-order valence-corrected chi connectivity index (χ1v) is 8.95. The Morgan fingerprint density at radius 2 is 1.78 bits per heavy atom. The molecule has 0 atom stereocenters. The summed E-state index contributed by atoms with van der Waals surface area (Å²) in [6.45, 7) is 3.89. The van der Waals surface area contributed by atoms with Gasteiger partial charge in [0.25, 0.3) is 5.91 Å². The molecule has 0 aromatic heterocycles. The van der Waals surface area contributed by atoms with Crippen LogP contribution < -0.4 is 10.1 Å². The van der Waals surface area contributed by atoms with Gasteiger partial charge in [0.15, 0.2) is 6.61 Å². The zero-order valence-corrected chi connectivity index (χ0v) is 15.5. The van der Waals surface area contributed by atoms with Gasteiger partial charge in [0.2, 0.25) is 0 Å². The molecule has 1 N–H and O–H groups in total. The van der Waals surface area contributed by atoms with Gasteiger partial charge in [-0.15, -0.1) is 0 Å². The second kappa shape index (κ2) is 10.3. The molecule has 2 aromatic carbocycles. The third-order valence-corrected chi connectivity index (χ3v) is 4.07. The van der Waals surface area contributed by atoms with Crippen LogP contribution in [0.1, 0.15) is 42.6 Å². The van der Waals surface area contributed by atoms with Crippen LogP contribution in [0.15, 0.2) is 48.5 Å². The highest BCUT2D eigenvalue weighted by Crippen LogP contribution is 2.16. The molecule has 0 fully saturated rings. The van der Waals surface area contributed by atoms with E-state index in [1.165, 1.54) is 12.1 Å². The molecule has 0 spiro atoms. The summed E-state index contributed by atoms with van der Waals surface area (Å²) in [7, 11) is 0. The number of esters is 1. The number of rotatable bonds is 9. The van der Waals surface area contributed by atoms with Gasteiger partial charge in [0.1, 0.15) is 18.2 Å². The van der Waals surface area contributed by atoms with Gasteiger partial charge in [-0.3, -0.25) is 4.79 Å². The molecule has 0 saturated heterocycles. The predicted octanol–water partition coefficient (Wildman–Crippen LogP) is 3.87. The molecule has 0 radical (unpaired) electrons. The average molecular weight is 373 g/mol. The molecule has 0 bridgehead atoms. The topological polar surface area (TPSA) is 64.6 Å². The molecule has 2 rings (SSSR count). The minimum atomic E-state index is -0.595. The summed E-state index contributed by atoms with van der Waals surface area (Å²) in [5.74, 6) is -0.741. The van der Waals surface area contributed by atoms with Crippen LogP contribution in [0.3, 0.4) is 0 Å². The molecular formula is C21H24FNO4. The highest BCUT2D eigenvalue weighted by Gasteiger charge is 2.13. The summed E-state index contributed by atoms with van der Waals surface area (Å²) in [6, 6.07) is 12.6. The summed E-state index contributed by atoms with van der Waals surface area (Å²) in [4.78, 5) is 24.0. The van der Waals surface area contributed by atoms with E-state index in [-0.39, 0.29) is 31.0 Å². The Hall–Kier alpha value is -2.89. The fourth-order valence-electron chi connectivity index (χ4n) is 2.44. The fourth-order valence-corrected chi connectivity index (χ4v) is 2.44. The van der Waals surface area contributed by atoms with Crippen molar-refractivity contribution < 1.29 is 23.5 Å². The van der Waals surface area contributed by atoms with Crippen LogP contribution in [0, 0.1) is 5.82 Å². The lowest BCUT2D eigenvalue weighted by atomic mass is 10.2. The molecule has 0 heterocycles. The molecule has 2 aromatic rings. The molecule has 5 nitrogen and oxygen atoms in total. The van der Waals surface area contributed by atoms with Crippen molar-refractivity contribution in [2.24, 2.45) is 0 Å². The van der Waals surface area contributed by atoms with Crippen LogP contribution in [0.5, 0.6) is 5.75 Å². The van der Waals surface area contributed by atoms with Gasteiger partial charge in [-0.2, -0.15) is 0 Å². The van der Waals surface area contributed by atoms with E-state index < -0.39 is 5.97 Å². The number of carbonyl (C=O) groups excluding carboxylic acids is 2. The number of carbonyl (C=O) groups is 2. The van der Waals surface area contributed by atoms with E-state index in [1.54, 1.807) is 36.4 Å². The van der Waals surface area contributed by atoms with E-state index in [9.17, 15) is 14.0 Å². The van der Waals surface area contributed by atoms with Gasteiger partial charge in [-0.25, -0.2) is 9.18 Å². The van der Waals surface area contributed by atoms with E-state index in [0.29, 0.717) is 11.3 Å². The number of nitrogens with one attached hydrogen (secondary N) is 1. The summed E-state index contributed by atoms with van der Waals surface area (Å²) in [5.41, 5.74) is 1.10. The molecule has 6 heteroatoms. The van der Waals surface area contributed by atoms with E-state index in [2.05, 4.69) is 5.32 Å². The number of benzene rings is 2. The van der Waals surface area contributed by atoms with Crippen LogP contribution in [0.2, 0.25) is 0 Å². The van der Waals surface area contributed by atoms with E-state index in [4.69, 9.17) is 9.47 Å². The maximum absolute atomic E-state index is 12.9. The zero-order valence-electron chi connectivity index (χ0n) is 15.5. The van der Waals surface area contributed by atoms with Gasteiger partial charge in [-0.1, -0.05) is 32.0 Å². The largest absolute Gasteiger partial charge is 0.489 e. The Labute approximate surface area is 158 Å². The lowest BCUT2D eigenvalue weighted by Crippen LogP contribution is -2.36. The minimum Gasteiger partial charge on any atom is -0.489 e. The van der Waals surface area contributed by atoms with Crippen LogP contribution in [-0.4, -0.2) is 24.5 Å². The number of ether oxygens (including phenoxy) is 2. The van der Waals surface area contributed by atoms with Crippen molar-refractivity contribution in [2.75, 3.05) is 6.61 Å². The Balaban J connectivity index is 1.87. The molecular weight excluding hydrogens is 349 g/mol. The predicted molar refractivity (Wildman–Crippen MR) is 100.0 cm³/mol. The third kappa shape index (κ3) is 6.73. The standard InChI is InChI=1S/C21H24FNO4/c1-3-18(4-2)23-20(24)14-27-21(25)16-6-5-7-19(12-16)26-13-15-8-10-17(22)11-9-15/h5-12,18H,3-4,13-14H2,1-2H3,(H,23,24). The first kappa shape index (κ1) is 20.4. The average Bonchev–Trinajstić information content (AvgIpc) is 2.70. The molecule has 0 saturated carbocycles. The van der Waals surface area contributed by atoms with Crippen LogP contribution in [-0.2, 0) is 16.1 Å². The van der Waals surface area contributed by atoms with Gasteiger partial charge >= 0.3 is 5.97 Å². The Morgan fingerprint density at radius 3 is 2.44 bits per heavy atom. The first-order valence-electron chi connectivity index (χ1n) is 8.95. The van der Waals surface area contributed by atoms with E-state index in [1.807, 2.05) is 13.8 Å². The van der Waals surface area contributed by atoms with Crippen LogP contribution >= 0.6 is 0 Å². The van der Waals surface area contributed by atoms with Gasteiger partial charge in [-0.05, 0) is 48.7 Å². The highest BCUT2D eigenvalue weighted by atomic mass is 19.1. The maximum atomic E-state index is 12.9. The van der Waals surface area contributed by atoms with Crippen LogP contribution in [0.4, 0.5) is 4.39 Å². The van der Waals surface area contributed by atoms with Crippen molar-refractivity contribution in [3.63, 3.8) is 0 Å². The second-order valence-electron chi connectivity index (χ2n) is 6.10. The van der Waals surface area contributed by atoms with Crippen molar-refractivity contribution >= 4 is 11.9 Å². The molecule has 0 aliphatic rings. The minimum absolute atomic E-state index is 0.0828. The molecule has 1 amide bonds. The molecule has 0 unspecified atom stereocenters. The lowest BCUT2D eigenvalue weighted by Gasteiger charge is -2.14. The van der Waals surface area contributed by atoms with Gasteiger partial charge in [0, 0.05) is 6.04 Å². The monoisotopic (exact) mass is 373 g/mol. The summed E-state index contributed by atoms with van der Waals surface area (Å²) >= 11 is 0. The SMILES string of the molecule is CCC(CC)NC(=O)COC(=O)c1cccc(OCc2ccc(F)cc2)c1. The molecule has 0 aliphatic heterocycles. The Morgan fingerprint density at radius 1 is 1.07 bits per heavy atom. The fraction of sp³-hybridized carbons (Fsp3) is 0.333. The summed E-state index contributed by atoms with van der Waals surface area (Å²) < 4.78 is 23.6. The Bertz CT molecular complexity index is 757. The van der Waals surface area contributed by atoms with Gasteiger partial charge in [0.05, 0.1) is 5.56 Å².